The standard InChI is InChI=1S/C16H18ClFN4/c1-11-19-15(17)10-16(20-11)22-8-6-12(7-9-22)21-14-5-3-2-4-13(14)18/h2-5,10,12,21H,6-9H2,1H3. The second-order valence-electron chi connectivity index (χ2n) is 5.48. The lowest BCUT2D eigenvalue weighted by molar-refractivity contribution is 0.519. The molecule has 1 aromatic heterocycles. The Labute approximate surface area is 134 Å². The predicted molar refractivity (Wildman–Crippen MR) is 87.0 cm³/mol. The van der Waals surface area contributed by atoms with Gasteiger partial charge in [0.25, 0.3) is 0 Å². The molecule has 1 aliphatic rings. The topological polar surface area (TPSA) is 41.1 Å². The van der Waals surface area contributed by atoms with Crippen LogP contribution in [0.25, 0.3) is 0 Å². The molecule has 0 spiro atoms. The molecule has 1 aromatic carbocycles. The van der Waals surface area contributed by atoms with E-state index in [1.54, 1.807) is 18.2 Å². The number of anilines is 2. The molecular formula is C16H18ClFN4. The maximum Gasteiger partial charge on any atom is 0.146 e. The summed E-state index contributed by atoms with van der Waals surface area (Å²) in [4.78, 5) is 10.7. The Balaban J connectivity index is 1.62. The minimum absolute atomic E-state index is 0.205. The summed E-state index contributed by atoms with van der Waals surface area (Å²) in [6, 6.07) is 8.85. The molecule has 1 aliphatic heterocycles. The molecule has 22 heavy (non-hydrogen) atoms. The number of halogens is 2. The van der Waals surface area contributed by atoms with Crippen molar-refractivity contribution in [3.05, 3.63) is 47.1 Å². The summed E-state index contributed by atoms with van der Waals surface area (Å²) >= 11 is 5.99. The summed E-state index contributed by atoms with van der Waals surface area (Å²) < 4.78 is 13.7. The van der Waals surface area contributed by atoms with E-state index in [1.807, 2.05) is 13.0 Å². The highest BCUT2D eigenvalue weighted by atomic mass is 35.5. The van der Waals surface area contributed by atoms with E-state index in [4.69, 9.17) is 11.6 Å². The van der Waals surface area contributed by atoms with Crippen LogP contribution in [0.3, 0.4) is 0 Å². The molecule has 0 aliphatic carbocycles. The van der Waals surface area contributed by atoms with Gasteiger partial charge in [-0.15, -0.1) is 0 Å². The lowest BCUT2D eigenvalue weighted by Gasteiger charge is -2.33. The highest BCUT2D eigenvalue weighted by Crippen LogP contribution is 2.23. The van der Waals surface area contributed by atoms with Crippen molar-refractivity contribution in [2.45, 2.75) is 25.8 Å². The van der Waals surface area contributed by atoms with Gasteiger partial charge < -0.3 is 10.2 Å². The zero-order valence-corrected chi connectivity index (χ0v) is 13.1. The molecule has 116 valence electrons. The summed E-state index contributed by atoms with van der Waals surface area (Å²) in [5.74, 6) is 1.33. The van der Waals surface area contributed by atoms with Crippen molar-refractivity contribution in [2.75, 3.05) is 23.3 Å². The third kappa shape index (κ3) is 3.47. The Bertz CT molecular complexity index is 636. The molecule has 1 saturated heterocycles. The number of hydrogen-bond acceptors (Lipinski definition) is 4. The largest absolute Gasteiger partial charge is 0.380 e. The molecular weight excluding hydrogens is 303 g/mol. The van der Waals surface area contributed by atoms with E-state index in [-0.39, 0.29) is 11.9 Å². The fraction of sp³-hybridized carbons (Fsp3) is 0.375. The van der Waals surface area contributed by atoms with Crippen LogP contribution in [0.5, 0.6) is 0 Å². The summed E-state index contributed by atoms with van der Waals surface area (Å²) in [6.45, 7) is 3.56. The maximum atomic E-state index is 13.7. The van der Waals surface area contributed by atoms with Crippen LogP contribution in [0.4, 0.5) is 15.9 Å². The molecule has 0 unspecified atom stereocenters. The molecule has 2 aromatic rings. The van der Waals surface area contributed by atoms with Crippen molar-refractivity contribution in [3.8, 4) is 0 Å². The molecule has 2 heterocycles. The minimum atomic E-state index is -0.205. The quantitative estimate of drug-likeness (QED) is 0.876. The first-order valence-electron chi connectivity index (χ1n) is 7.39. The van der Waals surface area contributed by atoms with Gasteiger partial charge in [0.05, 0.1) is 5.69 Å². The Morgan fingerprint density at radius 3 is 2.64 bits per heavy atom. The molecule has 4 nitrogen and oxygen atoms in total. The average Bonchev–Trinajstić information content (AvgIpc) is 2.49. The van der Waals surface area contributed by atoms with Gasteiger partial charge in [-0.2, -0.15) is 0 Å². The Morgan fingerprint density at radius 2 is 1.95 bits per heavy atom. The van der Waals surface area contributed by atoms with Gasteiger partial charge in [-0.25, -0.2) is 14.4 Å². The van der Waals surface area contributed by atoms with Gasteiger partial charge >= 0.3 is 0 Å². The van der Waals surface area contributed by atoms with Crippen molar-refractivity contribution in [3.63, 3.8) is 0 Å². The van der Waals surface area contributed by atoms with E-state index in [2.05, 4.69) is 20.2 Å². The summed E-state index contributed by atoms with van der Waals surface area (Å²) in [6.07, 6.45) is 1.85. The highest BCUT2D eigenvalue weighted by molar-refractivity contribution is 6.29. The van der Waals surface area contributed by atoms with Gasteiger partial charge in [0.15, 0.2) is 0 Å². The number of piperidine rings is 1. The predicted octanol–water partition coefficient (Wildman–Crippen LogP) is 3.66. The Kier molecular flexibility index (Phi) is 4.43. The van der Waals surface area contributed by atoms with Crippen molar-refractivity contribution in [1.82, 2.24) is 9.97 Å². The van der Waals surface area contributed by atoms with Gasteiger partial charge in [0, 0.05) is 25.2 Å². The first-order valence-corrected chi connectivity index (χ1v) is 7.77. The SMILES string of the molecule is Cc1nc(Cl)cc(N2CCC(Nc3ccccc3F)CC2)n1. The minimum Gasteiger partial charge on any atom is -0.380 e. The molecule has 6 heteroatoms. The fourth-order valence-electron chi connectivity index (χ4n) is 2.73. The molecule has 1 N–H and O–H groups in total. The fourth-order valence-corrected chi connectivity index (χ4v) is 2.95. The van der Waals surface area contributed by atoms with Crippen LogP contribution in [0, 0.1) is 12.7 Å². The molecule has 0 bridgehead atoms. The molecule has 3 rings (SSSR count). The van der Waals surface area contributed by atoms with Crippen LogP contribution in [-0.2, 0) is 0 Å². The number of aromatic nitrogens is 2. The normalized spacial score (nSPS) is 15.9. The lowest BCUT2D eigenvalue weighted by atomic mass is 10.0. The van der Waals surface area contributed by atoms with Gasteiger partial charge in [0.1, 0.15) is 22.6 Å². The lowest BCUT2D eigenvalue weighted by Crippen LogP contribution is -2.39. The van der Waals surface area contributed by atoms with Gasteiger partial charge in [0.2, 0.25) is 0 Å². The first-order chi connectivity index (χ1) is 10.6. The number of para-hydroxylation sites is 1. The number of nitrogens with zero attached hydrogens (tertiary/aromatic N) is 3. The van der Waals surface area contributed by atoms with E-state index in [9.17, 15) is 4.39 Å². The van der Waals surface area contributed by atoms with Crippen LogP contribution < -0.4 is 10.2 Å². The van der Waals surface area contributed by atoms with Crippen molar-refractivity contribution < 1.29 is 4.39 Å². The third-order valence-electron chi connectivity index (χ3n) is 3.85. The van der Waals surface area contributed by atoms with Crippen molar-refractivity contribution in [1.29, 1.82) is 0 Å². The second-order valence-corrected chi connectivity index (χ2v) is 5.87. The van der Waals surface area contributed by atoms with Crippen molar-refractivity contribution in [2.24, 2.45) is 0 Å². The van der Waals surface area contributed by atoms with E-state index in [0.29, 0.717) is 16.7 Å². The summed E-state index contributed by atoms with van der Waals surface area (Å²) in [5, 5.41) is 3.75. The van der Waals surface area contributed by atoms with E-state index < -0.39 is 0 Å². The van der Waals surface area contributed by atoms with E-state index in [0.717, 1.165) is 31.7 Å². The van der Waals surface area contributed by atoms with Crippen LogP contribution in [0.15, 0.2) is 30.3 Å². The number of hydrogen-bond donors (Lipinski definition) is 1. The van der Waals surface area contributed by atoms with Gasteiger partial charge in [-0.1, -0.05) is 23.7 Å². The van der Waals surface area contributed by atoms with Crippen LogP contribution >= 0.6 is 11.6 Å². The maximum absolute atomic E-state index is 13.7. The number of benzene rings is 1. The van der Waals surface area contributed by atoms with E-state index in [1.165, 1.54) is 6.07 Å². The summed E-state index contributed by atoms with van der Waals surface area (Å²) in [5.41, 5.74) is 0.571. The Hall–Kier alpha value is -1.88. The first kappa shape index (κ1) is 15.0. The van der Waals surface area contributed by atoms with Crippen LogP contribution in [0.1, 0.15) is 18.7 Å². The van der Waals surface area contributed by atoms with Crippen LogP contribution in [0.2, 0.25) is 5.15 Å². The van der Waals surface area contributed by atoms with E-state index >= 15 is 0 Å². The number of rotatable bonds is 3. The van der Waals surface area contributed by atoms with Crippen LogP contribution in [-0.4, -0.2) is 29.1 Å². The molecule has 0 radical (unpaired) electrons. The van der Waals surface area contributed by atoms with Crippen molar-refractivity contribution >= 4 is 23.1 Å². The Morgan fingerprint density at radius 1 is 1.23 bits per heavy atom. The molecule has 0 saturated carbocycles. The zero-order valence-electron chi connectivity index (χ0n) is 12.4. The zero-order chi connectivity index (χ0) is 15.5. The molecule has 1 fully saturated rings. The monoisotopic (exact) mass is 320 g/mol. The average molecular weight is 321 g/mol. The molecule has 0 atom stereocenters. The van der Waals surface area contributed by atoms with Gasteiger partial charge in [-0.3, -0.25) is 0 Å². The smallest absolute Gasteiger partial charge is 0.146 e. The van der Waals surface area contributed by atoms with Gasteiger partial charge in [-0.05, 0) is 31.9 Å². The number of aryl methyl sites for hydroxylation is 1. The second kappa shape index (κ2) is 6.48. The molecule has 0 amide bonds. The number of nitrogens with one attached hydrogen (secondary N) is 1. The third-order valence-corrected chi connectivity index (χ3v) is 4.04. The highest BCUT2D eigenvalue weighted by Gasteiger charge is 2.21. The summed E-state index contributed by atoms with van der Waals surface area (Å²) in [7, 11) is 0.